The first kappa shape index (κ1) is 12.9. The minimum atomic E-state index is -0.618. The highest BCUT2D eigenvalue weighted by Crippen LogP contribution is 2.35. The summed E-state index contributed by atoms with van der Waals surface area (Å²) in [4.78, 5) is 11.1. The Hall–Kier alpha value is -1.51. The first-order valence-electron chi connectivity index (χ1n) is 6.56. The maximum atomic E-state index is 11.1. The number of methoxy groups -OCH3 is 1. The van der Waals surface area contributed by atoms with Gasteiger partial charge < -0.3 is 9.84 Å². The van der Waals surface area contributed by atoms with Gasteiger partial charge in [-0.15, -0.1) is 0 Å². The second-order valence-corrected chi connectivity index (χ2v) is 5.02. The minimum absolute atomic E-state index is 0.122. The molecule has 2 rings (SSSR count). The van der Waals surface area contributed by atoms with Crippen molar-refractivity contribution in [2.75, 3.05) is 7.11 Å². The van der Waals surface area contributed by atoms with Crippen molar-refractivity contribution in [2.24, 2.45) is 11.8 Å². The van der Waals surface area contributed by atoms with Gasteiger partial charge >= 0.3 is 5.97 Å². The lowest BCUT2D eigenvalue weighted by molar-refractivity contribution is -0.143. The molecule has 1 N–H and O–H groups in total. The van der Waals surface area contributed by atoms with Gasteiger partial charge in [-0.05, 0) is 49.3 Å². The number of benzene rings is 1. The van der Waals surface area contributed by atoms with Crippen LogP contribution in [0.1, 0.15) is 31.2 Å². The quantitative estimate of drug-likeness (QED) is 0.870. The molecule has 1 aromatic carbocycles. The van der Waals surface area contributed by atoms with Gasteiger partial charge in [-0.2, -0.15) is 0 Å². The summed E-state index contributed by atoms with van der Waals surface area (Å²) in [5.41, 5.74) is 1.26. The van der Waals surface area contributed by atoms with Gasteiger partial charge in [0.1, 0.15) is 5.75 Å². The van der Waals surface area contributed by atoms with E-state index in [9.17, 15) is 4.79 Å². The fourth-order valence-corrected chi connectivity index (χ4v) is 2.85. The topological polar surface area (TPSA) is 46.5 Å². The van der Waals surface area contributed by atoms with Crippen molar-refractivity contribution >= 4 is 5.97 Å². The summed E-state index contributed by atoms with van der Waals surface area (Å²) in [6, 6.07) is 8.03. The van der Waals surface area contributed by atoms with Crippen molar-refractivity contribution < 1.29 is 14.6 Å². The molecular formula is C15H20O3. The number of aliphatic carboxylic acids is 1. The second-order valence-electron chi connectivity index (χ2n) is 5.02. The van der Waals surface area contributed by atoms with Crippen molar-refractivity contribution in [3.63, 3.8) is 0 Å². The van der Waals surface area contributed by atoms with Crippen LogP contribution < -0.4 is 4.74 Å². The molecule has 0 aromatic heterocycles. The Morgan fingerprint density at radius 1 is 1.33 bits per heavy atom. The maximum absolute atomic E-state index is 11.1. The number of carbonyl (C=O) groups is 1. The molecule has 0 aliphatic heterocycles. The normalized spacial score (nSPS) is 22.9. The second kappa shape index (κ2) is 5.89. The molecule has 0 heterocycles. The summed E-state index contributed by atoms with van der Waals surface area (Å²) in [7, 11) is 1.66. The molecule has 3 nitrogen and oxygen atoms in total. The largest absolute Gasteiger partial charge is 0.497 e. The van der Waals surface area contributed by atoms with Gasteiger partial charge in [0.05, 0.1) is 13.0 Å². The SMILES string of the molecule is COc1ccc(CCC2CCCC2C(=O)O)cc1. The molecule has 0 bridgehead atoms. The molecule has 2 atom stereocenters. The van der Waals surface area contributed by atoms with Gasteiger partial charge in [0.25, 0.3) is 0 Å². The number of carboxylic acids is 1. The third-order valence-corrected chi connectivity index (χ3v) is 3.94. The number of aryl methyl sites for hydroxylation is 1. The molecule has 1 fully saturated rings. The predicted molar refractivity (Wildman–Crippen MR) is 69.8 cm³/mol. The van der Waals surface area contributed by atoms with E-state index in [0.717, 1.165) is 37.9 Å². The van der Waals surface area contributed by atoms with E-state index in [-0.39, 0.29) is 5.92 Å². The fourth-order valence-electron chi connectivity index (χ4n) is 2.85. The molecule has 18 heavy (non-hydrogen) atoms. The van der Waals surface area contributed by atoms with Crippen LogP contribution in [-0.4, -0.2) is 18.2 Å². The molecule has 1 aromatic rings. The number of rotatable bonds is 5. The fraction of sp³-hybridized carbons (Fsp3) is 0.533. The Balaban J connectivity index is 1.88. The molecule has 0 saturated heterocycles. The van der Waals surface area contributed by atoms with Crippen molar-refractivity contribution in [3.8, 4) is 5.75 Å². The maximum Gasteiger partial charge on any atom is 0.306 e. The lowest BCUT2D eigenvalue weighted by Crippen LogP contribution is -2.18. The van der Waals surface area contributed by atoms with Crippen LogP contribution in [0.5, 0.6) is 5.75 Å². The summed E-state index contributed by atoms with van der Waals surface area (Å²) in [6.07, 6.45) is 4.90. The van der Waals surface area contributed by atoms with Crippen LogP contribution in [0.4, 0.5) is 0 Å². The van der Waals surface area contributed by atoms with Crippen LogP contribution in [0.15, 0.2) is 24.3 Å². The van der Waals surface area contributed by atoms with Gasteiger partial charge in [0.2, 0.25) is 0 Å². The number of hydrogen-bond donors (Lipinski definition) is 1. The predicted octanol–water partition coefficient (Wildman–Crippen LogP) is 3.13. The molecule has 98 valence electrons. The monoisotopic (exact) mass is 248 g/mol. The van der Waals surface area contributed by atoms with Crippen LogP contribution >= 0.6 is 0 Å². The summed E-state index contributed by atoms with van der Waals surface area (Å²) >= 11 is 0. The molecule has 1 aliphatic carbocycles. The van der Waals surface area contributed by atoms with E-state index < -0.39 is 5.97 Å². The highest BCUT2D eigenvalue weighted by Gasteiger charge is 2.32. The Morgan fingerprint density at radius 3 is 2.67 bits per heavy atom. The standard InChI is InChI=1S/C15H20O3/c1-18-13-9-6-11(7-10-13)5-8-12-3-2-4-14(12)15(16)17/h6-7,9-10,12,14H,2-5,8H2,1H3,(H,16,17). The smallest absolute Gasteiger partial charge is 0.306 e. The van der Waals surface area contributed by atoms with Gasteiger partial charge in [-0.3, -0.25) is 4.79 Å². The molecule has 0 spiro atoms. The van der Waals surface area contributed by atoms with Gasteiger partial charge in [-0.1, -0.05) is 18.6 Å². The van der Waals surface area contributed by atoms with E-state index in [2.05, 4.69) is 12.1 Å². The molecule has 2 unspecified atom stereocenters. The highest BCUT2D eigenvalue weighted by molar-refractivity contribution is 5.70. The summed E-state index contributed by atoms with van der Waals surface area (Å²) in [6.45, 7) is 0. The Bertz CT molecular complexity index is 397. The lowest BCUT2D eigenvalue weighted by Gasteiger charge is -2.15. The van der Waals surface area contributed by atoms with Crippen LogP contribution in [0.3, 0.4) is 0 Å². The lowest BCUT2D eigenvalue weighted by atomic mass is 9.90. The van der Waals surface area contributed by atoms with Crippen molar-refractivity contribution in [3.05, 3.63) is 29.8 Å². The first-order chi connectivity index (χ1) is 8.70. The number of ether oxygens (including phenoxy) is 1. The molecule has 0 radical (unpaired) electrons. The zero-order chi connectivity index (χ0) is 13.0. The van der Waals surface area contributed by atoms with E-state index in [4.69, 9.17) is 9.84 Å². The van der Waals surface area contributed by atoms with Crippen LogP contribution in [0.25, 0.3) is 0 Å². The van der Waals surface area contributed by atoms with E-state index in [1.807, 2.05) is 12.1 Å². The van der Waals surface area contributed by atoms with Crippen molar-refractivity contribution in [2.45, 2.75) is 32.1 Å². The molecular weight excluding hydrogens is 228 g/mol. The molecule has 1 aliphatic rings. The summed E-state index contributed by atoms with van der Waals surface area (Å²) in [5, 5.41) is 9.13. The summed E-state index contributed by atoms with van der Waals surface area (Å²) in [5.74, 6) is 0.475. The van der Waals surface area contributed by atoms with Crippen LogP contribution in [0, 0.1) is 11.8 Å². The van der Waals surface area contributed by atoms with E-state index in [1.165, 1.54) is 5.56 Å². The van der Waals surface area contributed by atoms with Gasteiger partial charge in [-0.25, -0.2) is 0 Å². The zero-order valence-electron chi connectivity index (χ0n) is 10.8. The van der Waals surface area contributed by atoms with E-state index >= 15 is 0 Å². The zero-order valence-corrected chi connectivity index (χ0v) is 10.8. The molecule has 0 amide bonds. The summed E-state index contributed by atoms with van der Waals surface area (Å²) < 4.78 is 5.12. The molecule has 1 saturated carbocycles. The van der Waals surface area contributed by atoms with Crippen LogP contribution in [0.2, 0.25) is 0 Å². The number of hydrogen-bond acceptors (Lipinski definition) is 2. The Morgan fingerprint density at radius 2 is 2.06 bits per heavy atom. The highest BCUT2D eigenvalue weighted by atomic mass is 16.5. The van der Waals surface area contributed by atoms with Gasteiger partial charge in [0.15, 0.2) is 0 Å². The van der Waals surface area contributed by atoms with E-state index in [0.29, 0.717) is 5.92 Å². The van der Waals surface area contributed by atoms with Crippen LogP contribution in [-0.2, 0) is 11.2 Å². The first-order valence-corrected chi connectivity index (χ1v) is 6.56. The Labute approximate surface area is 108 Å². The third kappa shape index (κ3) is 3.03. The average molecular weight is 248 g/mol. The van der Waals surface area contributed by atoms with Crippen molar-refractivity contribution in [1.82, 2.24) is 0 Å². The van der Waals surface area contributed by atoms with E-state index in [1.54, 1.807) is 7.11 Å². The van der Waals surface area contributed by atoms with Gasteiger partial charge in [0, 0.05) is 0 Å². The molecule has 3 heteroatoms. The van der Waals surface area contributed by atoms with Crippen molar-refractivity contribution in [1.29, 1.82) is 0 Å². The minimum Gasteiger partial charge on any atom is -0.497 e. The Kier molecular flexibility index (Phi) is 4.24. The third-order valence-electron chi connectivity index (χ3n) is 3.94. The number of carboxylic acid groups (broad SMARTS) is 1. The average Bonchev–Trinajstić information content (AvgIpc) is 2.85.